The van der Waals surface area contributed by atoms with E-state index in [0.29, 0.717) is 25.3 Å². The van der Waals surface area contributed by atoms with Crippen LogP contribution >= 0.6 is 11.6 Å². The normalized spacial score (nSPS) is 12.0. The van der Waals surface area contributed by atoms with Crippen molar-refractivity contribution >= 4 is 21.6 Å². The van der Waals surface area contributed by atoms with Crippen molar-refractivity contribution in [2.24, 2.45) is 0 Å². The molecule has 8 heteroatoms. The zero-order chi connectivity index (χ0) is 15.9. The maximum Gasteiger partial charge on any atom is 0.240 e. The number of rotatable bonds is 9. The lowest BCUT2D eigenvalue weighted by molar-refractivity contribution is 0.162. The van der Waals surface area contributed by atoms with Gasteiger partial charge in [0.2, 0.25) is 10.0 Å². The summed E-state index contributed by atoms with van der Waals surface area (Å²) in [7, 11) is -0.0874. The monoisotopic (exact) mass is 336 g/mol. The molecule has 0 atom stereocenters. The van der Waals surface area contributed by atoms with E-state index >= 15 is 0 Å². The summed E-state index contributed by atoms with van der Waals surface area (Å²) in [6.45, 7) is 1.97. The molecule has 120 valence electrons. The third kappa shape index (κ3) is 5.90. The topological polar surface area (TPSA) is 78.9 Å². The van der Waals surface area contributed by atoms with Gasteiger partial charge in [-0.1, -0.05) is 17.7 Å². The minimum atomic E-state index is -3.60. The number of hydrogen-bond acceptors (Lipinski definition) is 5. The summed E-state index contributed by atoms with van der Waals surface area (Å²) in [5.41, 5.74) is 0.495. The molecule has 0 aliphatic carbocycles. The van der Waals surface area contributed by atoms with Gasteiger partial charge in [0.1, 0.15) is 0 Å². The molecule has 0 bridgehead atoms. The van der Waals surface area contributed by atoms with E-state index in [9.17, 15) is 8.42 Å². The number of methoxy groups -OCH3 is 1. The van der Waals surface area contributed by atoms with Crippen molar-refractivity contribution in [3.63, 3.8) is 0 Å². The highest BCUT2D eigenvalue weighted by molar-refractivity contribution is 7.89. The molecule has 1 aromatic carbocycles. The Labute approximate surface area is 130 Å². The largest absolute Gasteiger partial charge is 0.392 e. The Balaban J connectivity index is 2.59. The Bertz CT molecular complexity index is 551. The molecule has 6 nitrogen and oxygen atoms in total. The summed E-state index contributed by atoms with van der Waals surface area (Å²) >= 11 is 5.90. The average molecular weight is 337 g/mol. The molecule has 0 aromatic heterocycles. The van der Waals surface area contributed by atoms with Gasteiger partial charge in [-0.15, -0.1) is 0 Å². The van der Waals surface area contributed by atoms with Crippen molar-refractivity contribution < 1.29 is 18.3 Å². The number of nitrogens with zero attached hydrogens (tertiary/aromatic N) is 1. The van der Waals surface area contributed by atoms with E-state index < -0.39 is 10.0 Å². The zero-order valence-corrected chi connectivity index (χ0v) is 13.7. The minimum absolute atomic E-state index is 0.0873. The maximum atomic E-state index is 12.1. The van der Waals surface area contributed by atoms with Crippen LogP contribution in [0.25, 0.3) is 0 Å². The number of nitrogens with one attached hydrogen (secondary N) is 1. The first-order valence-corrected chi connectivity index (χ1v) is 8.33. The van der Waals surface area contributed by atoms with Crippen molar-refractivity contribution in [1.82, 2.24) is 9.62 Å². The average Bonchev–Trinajstić information content (AvgIpc) is 2.44. The van der Waals surface area contributed by atoms with Crippen LogP contribution in [0, 0.1) is 0 Å². The van der Waals surface area contributed by atoms with Crippen molar-refractivity contribution in [1.29, 1.82) is 0 Å². The van der Waals surface area contributed by atoms with Gasteiger partial charge in [-0.25, -0.2) is 13.1 Å². The lowest BCUT2D eigenvalue weighted by Crippen LogP contribution is -2.34. The molecule has 0 amide bonds. The summed E-state index contributed by atoms with van der Waals surface area (Å²) in [5.74, 6) is 0. The molecule has 1 rings (SSSR count). The lowest BCUT2D eigenvalue weighted by atomic mass is 10.2. The number of likely N-dealkylation sites (N-methyl/N-ethyl adjacent to an activating group) is 1. The summed E-state index contributed by atoms with van der Waals surface area (Å²) in [6.07, 6.45) is 0. The van der Waals surface area contributed by atoms with Gasteiger partial charge < -0.3 is 14.7 Å². The Kier molecular flexibility index (Phi) is 7.58. The molecule has 2 N–H and O–H groups in total. The Morgan fingerprint density at radius 3 is 2.67 bits per heavy atom. The number of ether oxygens (including phenoxy) is 1. The van der Waals surface area contributed by atoms with Crippen LogP contribution in [0.15, 0.2) is 23.1 Å². The van der Waals surface area contributed by atoms with Crippen molar-refractivity contribution in [3.05, 3.63) is 28.8 Å². The fourth-order valence-electron chi connectivity index (χ4n) is 1.64. The third-order valence-corrected chi connectivity index (χ3v) is 4.78. The molecule has 0 unspecified atom stereocenters. The van der Waals surface area contributed by atoms with Crippen molar-refractivity contribution in [2.75, 3.05) is 40.4 Å². The van der Waals surface area contributed by atoms with E-state index in [1.807, 2.05) is 11.9 Å². The Morgan fingerprint density at radius 1 is 1.38 bits per heavy atom. The van der Waals surface area contributed by atoms with Crippen LogP contribution in [0.1, 0.15) is 5.56 Å². The second-order valence-electron chi connectivity index (χ2n) is 4.61. The Morgan fingerprint density at radius 2 is 2.10 bits per heavy atom. The molecular formula is C13H21ClN2O4S. The first-order chi connectivity index (χ1) is 9.90. The molecule has 0 aliphatic heterocycles. The Hall–Kier alpha value is -0.700. The van der Waals surface area contributed by atoms with Crippen LogP contribution in [0.3, 0.4) is 0 Å². The van der Waals surface area contributed by atoms with E-state index in [1.54, 1.807) is 7.11 Å². The number of aliphatic hydroxyl groups is 1. The number of hydrogen-bond donors (Lipinski definition) is 2. The molecule has 21 heavy (non-hydrogen) atoms. The van der Waals surface area contributed by atoms with Gasteiger partial charge in [-0.2, -0.15) is 0 Å². The van der Waals surface area contributed by atoms with E-state index in [4.69, 9.17) is 21.4 Å². The quantitative estimate of drug-likeness (QED) is 0.693. The highest BCUT2D eigenvalue weighted by Crippen LogP contribution is 2.20. The highest BCUT2D eigenvalue weighted by atomic mass is 35.5. The number of halogens is 1. The van der Waals surface area contributed by atoms with Gasteiger partial charge in [0.15, 0.2) is 0 Å². The first kappa shape index (κ1) is 18.3. The predicted octanol–water partition coefficient (Wildman–Crippen LogP) is 0.689. The van der Waals surface area contributed by atoms with Crippen LogP contribution in [0.5, 0.6) is 0 Å². The van der Waals surface area contributed by atoms with E-state index in [2.05, 4.69) is 4.72 Å². The van der Waals surface area contributed by atoms with Crippen LogP contribution in [-0.2, 0) is 21.4 Å². The molecule has 0 aliphatic rings. The molecule has 0 saturated heterocycles. The van der Waals surface area contributed by atoms with Crippen LogP contribution in [0.2, 0.25) is 5.02 Å². The van der Waals surface area contributed by atoms with Gasteiger partial charge in [-0.3, -0.25) is 0 Å². The highest BCUT2D eigenvalue weighted by Gasteiger charge is 2.15. The van der Waals surface area contributed by atoms with E-state index in [-0.39, 0.29) is 16.5 Å². The van der Waals surface area contributed by atoms with E-state index in [0.717, 1.165) is 6.54 Å². The second-order valence-corrected chi connectivity index (χ2v) is 6.78. The SMILES string of the molecule is COCCN(C)CCNS(=O)(=O)c1ccc(CO)c(Cl)c1. The summed E-state index contributed by atoms with van der Waals surface area (Å²) in [5, 5.41) is 9.25. The van der Waals surface area contributed by atoms with Crippen molar-refractivity contribution in [2.45, 2.75) is 11.5 Å². The van der Waals surface area contributed by atoms with Gasteiger partial charge >= 0.3 is 0 Å². The lowest BCUT2D eigenvalue weighted by Gasteiger charge is -2.16. The maximum absolute atomic E-state index is 12.1. The minimum Gasteiger partial charge on any atom is -0.392 e. The van der Waals surface area contributed by atoms with Gasteiger partial charge in [0, 0.05) is 31.8 Å². The molecule has 0 heterocycles. The number of sulfonamides is 1. The van der Waals surface area contributed by atoms with Crippen LogP contribution < -0.4 is 4.72 Å². The summed E-state index contributed by atoms with van der Waals surface area (Å²) in [6, 6.07) is 4.26. The van der Waals surface area contributed by atoms with Gasteiger partial charge in [-0.05, 0) is 24.7 Å². The van der Waals surface area contributed by atoms with Crippen LogP contribution in [0.4, 0.5) is 0 Å². The molecule has 0 spiro atoms. The molecule has 0 saturated carbocycles. The molecule has 0 fully saturated rings. The van der Waals surface area contributed by atoms with E-state index in [1.165, 1.54) is 18.2 Å². The second kappa shape index (κ2) is 8.67. The molecule has 1 aromatic rings. The van der Waals surface area contributed by atoms with Gasteiger partial charge in [0.05, 0.1) is 18.1 Å². The smallest absolute Gasteiger partial charge is 0.240 e. The van der Waals surface area contributed by atoms with Crippen molar-refractivity contribution in [3.8, 4) is 0 Å². The number of benzene rings is 1. The number of aliphatic hydroxyl groups excluding tert-OH is 1. The zero-order valence-electron chi connectivity index (χ0n) is 12.2. The predicted molar refractivity (Wildman–Crippen MR) is 81.9 cm³/mol. The fraction of sp³-hybridized carbons (Fsp3) is 0.538. The molecule has 0 radical (unpaired) electrons. The van der Waals surface area contributed by atoms with Crippen LogP contribution in [-0.4, -0.2) is 58.8 Å². The fourth-order valence-corrected chi connectivity index (χ4v) is 2.99. The van der Waals surface area contributed by atoms with Gasteiger partial charge in [0.25, 0.3) is 0 Å². The molecular weight excluding hydrogens is 316 g/mol. The third-order valence-electron chi connectivity index (χ3n) is 2.97. The summed E-state index contributed by atoms with van der Waals surface area (Å²) < 4.78 is 31.7. The summed E-state index contributed by atoms with van der Waals surface area (Å²) in [4.78, 5) is 2.05. The first-order valence-electron chi connectivity index (χ1n) is 6.47. The standard InChI is InChI=1S/C13H21ClN2O4S/c1-16(7-8-20-2)6-5-15-21(18,19)12-4-3-11(10-17)13(14)9-12/h3-4,9,15,17H,5-8,10H2,1-2H3.